The molecule has 2 aromatic rings. The van der Waals surface area contributed by atoms with Crippen molar-refractivity contribution in [2.75, 3.05) is 19.7 Å². The third kappa shape index (κ3) is 6.59. The number of sulfonamides is 1. The summed E-state index contributed by atoms with van der Waals surface area (Å²) in [6.45, 7) is 2.76. The van der Waals surface area contributed by atoms with Crippen LogP contribution >= 0.6 is 0 Å². The second-order valence-electron chi connectivity index (χ2n) is 11.1. The fourth-order valence-corrected chi connectivity index (χ4v) is 6.40. The van der Waals surface area contributed by atoms with Crippen LogP contribution in [0.4, 0.5) is 22.0 Å². The third-order valence-corrected chi connectivity index (χ3v) is 9.61. The second-order valence-corrected chi connectivity index (χ2v) is 13.1. The number of hydrogen-bond donors (Lipinski definition) is 1. The number of benzene rings is 2. The summed E-state index contributed by atoms with van der Waals surface area (Å²) >= 11 is 0. The Balaban J connectivity index is 1.19. The van der Waals surface area contributed by atoms with E-state index in [1.807, 2.05) is 9.62 Å². The van der Waals surface area contributed by atoms with Crippen LogP contribution in [0.25, 0.3) is 0 Å². The highest BCUT2D eigenvalue weighted by atomic mass is 32.2. The Morgan fingerprint density at radius 3 is 2.30 bits per heavy atom. The molecule has 12 heteroatoms. The van der Waals surface area contributed by atoms with Gasteiger partial charge in [-0.25, -0.2) is 21.9 Å². The summed E-state index contributed by atoms with van der Waals surface area (Å²) in [4.78, 5) is 14.4. The molecule has 218 valence electrons. The highest BCUT2D eigenvalue weighted by Gasteiger charge is 2.38. The van der Waals surface area contributed by atoms with Crippen molar-refractivity contribution in [1.82, 2.24) is 9.62 Å². The van der Waals surface area contributed by atoms with Crippen LogP contribution in [-0.2, 0) is 22.7 Å². The van der Waals surface area contributed by atoms with Gasteiger partial charge in [-0.1, -0.05) is 0 Å². The smallest absolute Gasteiger partial charge is 0.416 e. The average Bonchev–Trinajstić information content (AvgIpc) is 3.78. The molecule has 1 aliphatic heterocycles. The molecule has 0 spiro atoms. The van der Waals surface area contributed by atoms with Crippen LogP contribution in [0.3, 0.4) is 0 Å². The maximum absolute atomic E-state index is 14.9. The van der Waals surface area contributed by atoms with Gasteiger partial charge in [-0.05, 0) is 99.7 Å². The number of piperidine rings is 1. The second kappa shape index (κ2) is 10.9. The minimum atomic E-state index is -4.55. The van der Waals surface area contributed by atoms with Gasteiger partial charge >= 0.3 is 6.18 Å². The summed E-state index contributed by atoms with van der Waals surface area (Å²) in [7, 11) is -3.81. The summed E-state index contributed by atoms with van der Waals surface area (Å²) in [5, 5.41) is -0.607. The van der Waals surface area contributed by atoms with Gasteiger partial charge < -0.3 is 4.74 Å². The Morgan fingerprint density at radius 1 is 1.02 bits per heavy atom. The molecule has 0 radical (unpaired) electrons. The molecule has 2 aromatic carbocycles. The molecule has 0 bridgehead atoms. The van der Waals surface area contributed by atoms with Crippen molar-refractivity contribution in [3.05, 3.63) is 63.7 Å². The molecular weight excluding hydrogens is 555 g/mol. The van der Waals surface area contributed by atoms with Crippen LogP contribution in [0.15, 0.2) is 24.3 Å². The number of carbonyl (C=O) groups excluding carboxylic acids is 1. The first-order valence-corrected chi connectivity index (χ1v) is 15.0. The molecule has 5 rings (SSSR count). The van der Waals surface area contributed by atoms with Gasteiger partial charge in [0.05, 0.1) is 23.0 Å². The van der Waals surface area contributed by atoms with Gasteiger partial charge in [0.1, 0.15) is 17.4 Å². The Bertz CT molecular complexity index is 1400. The molecule has 2 saturated carbocycles. The van der Waals surface area contributed by atoms with Gasteiger partial charge in [-0.15, -0.1) is 0 Å². The van der Waals surface area contributed by atoms with Gasteiger partial charge in [-0.2, -0.15) is 13.2 Å². The van der Waals surface area contributed by atoms with Crippen LogP contribution in [0, 0.1) is 24.5 Å². The van der Waals surface area contributed by atoms with E-state index in [0.29, 0.717) is 50.1 Å². The maximum Gasteiger partial charge on any atom is 0.416 e. The molecule has 6 nitrogen and oxygen atoms in total. The average molecular weight is 587 g/mol. The van der Waals surface area contributed by atoms with Gasteiger partial charge in [-0.3, -0.25) is 9.69 Å². The lowest BCUT2D eigenvalue weighted by Crippen LogP contribution is -2.35. The van der Waals surface area contributed by atoms with Gasteiger partial charge in [0.25, 0.3) is 5.91 Å². The Kier molecular flexibility index (Phi) is 7.86. The molecule has 1 amide bonds. The standard InChI is InChI=1S/C28H31F5N2O4S/c1-16-10-20(28(31,32)33)11-19(26(16)30)14-35-8-6-17(7-9-35)15-39-25-13-24(29)23(12-22(25)18-2-3-18)27(36)34-40(37,38)21-4-5-21/h10-13,17-18,21H,2-9,14-15H2,1H3,(H,34,36). The fraction of sp³-hybridized carbons (Fsp3) is 0.536. The van der Waals surface area contributed by atoms with Crippen molar-refractivity contribution >= 4 is 15.9 Å². The lowest BCUT2D eigenvalue weighted by atomic mass is 9.96. The molecule has 1 heterocycles. The number of hydrogen-bond acceptors (Lipinski definition) is 5. The van der Waals surface area contributed by atoms with E-state index in [0.717, 1.165) is 31.0 Å². The van der Waals surface area contributed by atoms with Crippen LogP contribution < -0.4 is 9.46 Å². The van der Waals surface area contributed by atoms with E-state index in [1.54, 1.807) is 0 Å². The number of rotatable bonds is 9. The summed E-state index contributed by atoms with van der Waals surface area (Å²) in [5.74, 6) is -1.95. The summed E-state index contributed by atoms with van der Waals surface area (Å²) in [6, 6.07) is 4.21. The van der Waals surface area contributed by atoms with Crippen molar-refractivity contribution in [3.63, 3.8) is 0 Å². The van der Waals surface area contributed by atoms with Crippen molar-refractivity contribution in [2.24, 2.45) is 5.92 Å². The quantitative estimate of drug-likeness (QED) is 0.383. The predicted molar refractivity (Wildman–Crippen MR) is 137 cm³/mol. The van der Waals surface area contributed by atoms with Crippen molar-refractivity contribution < 1.29 is 39.9 Å². The maximum atomic E-state index is 14.9. The Morgan fingerprint density at radius 2 is 1.70 bits per heavy atom. The third-order valence-electron chi connectivity index (χ3n) is 7.79. The number of likely N-dealkylation sites (tertiary alicyclic amines) is 1. The number of halogens is 5. The minimum absolute atomic E-state index is 0.0145. The zero-order valence-electron chi connectivity index (χ0n) is 22.0. The van der Waals surface area contributed by atoms with Crippen LogP contribution in [0.2, 0.25) is 0 Å². The van der Waals surface area contributed by atoms with Gasteiger partial charge in [0.15, 0.2) is 0 Å². The minimum Gasteiger partial charge on any atom is -0.493 e. The number of aryl methyl sites for hydroxylation is 1. The molecule has 40 heavy (non-hydrogen) atoms. The zero-order valence-corrected chi connectivity index (χ0v) is 22.8. The van der Waals surface area contributed by atoms with Crippen LogP contribution in [0.5, 0.6) is 5.75 Å². The van der Waals surface area contributed by atoms with E-state index in [9.17, 15) is 35.2 Å². The number of alkyl halides is 3. The van der Waals surface area contributed by atoms with Crippen molar-refractivity contribution in [3.8, 4) is 5.75 Å². The summed E-state index contributed by atoms with van der Waals surface area (Å²) < 4.78 is 101. The first-order valence-electron chi connectivity index (χ1n) is 13.4. The molecule has 0 atom stereocenters. The van der Waals surface area contributed by atoms with E-state index < -0.39 is 44.6 Å². The largest absolute Gasteiger partial charge is 0.493 e. The number of carbonyl (C=O) groups is 1. The molecular formula is C28H31F5N2O4S. The topological polar surface area (TPSA) is 75.7 Å². The van der Waals surface area contributed by atoms with Crippen molar-refractivity contribution in [1.29, 1.82) is 0 Å². The van der Waals surface area contributed by atoms with Crippen LogP contribution in [-0.4, -0.2) is 44.2 Å². The van der Waals surface area contributed by atoms with Gasteiger partial charge in [0.2, 0.25) is 10.0 Å². The zero-order chi connectivity index (χ0) is 28.8. The Hall–Kier alpha value is -2.73. The van der Waals surface area contributed by atoms with Crippen molar-refractivity contribution in [2.45, 2.75) is 69.3 Å². The lowest BCUT2D eigenvalue weighted by molar-refractivity contribution is -0.137. The first kappa shape index (κ1) is 28.8. The molecule has 1 saturated heterocycles. The normalized spacial score (nSPS) is 19.1. The summed E-state index contributed by atoms with van der Waals surface area (Å²) in [6.07, 6.45) is -0.550. The molecule has 3 aliphatic rings. The SMILES string of the molecule is Cc1cc(C(F)(F)F)cc(CN2CCC(COc3cc(F)c(C(=O)NS(=O)(=O)C4CC4)cc3C3CC3)CC2)c1F. The number of ether oxygens (including phenoxy) is 1. The van der Waals surface area contributed by atoms with E-state index in [1.165, 1.54) is 13.0 Å². The molecule has 0 aromatic heterocycles. The van der Waals surface area contributed by atoms with E-state index >= 15 is 0 Å². The number of nitrogens with zero attached hydrogens (tertiary/aromatic N) is 1. The van der Waals surface area contributed by atoms with E-state index in [-0.39, 0.29) is 41.7 Å². The van der Waals surface area contributed by atoms with E-state index in [4.69, 9.17) is 4.74 Å². The van der Waals surface area contributed by atoms with E-state index in [2.05, 4.69) is 0 Å². The van der Waals surface area contributed by atoms with Crippen LogP contribution in [0.1, 0.15) is 77.1 Å². The Labute approximate surface area is 229 Å². The highest BCUT2D eigenvalue weighted by Crippen LogP contribution is 2.45. The molecule has 1 N–H and O–H groups in total. The lowest BCUT2D eigenvalue weighted by Gasteiger charge is -2.32. The number of nitrogens with one attached hydrogen (secondary N) is 1. The number of amides is 1. The predicted octanol–water partition coefficient (Wildman–Crippen LogP) is 5.68. The first-order chi connectivity index (χ1) is 18.8. The highest BCUT2D eigenvalue weighted by molar-refractivity contribution is 7.91. The molecule has 0 unspecified atom stereocenters. The molecule has 2 aliphatic carbocycles. The molecule has 3 fully saturated rings. The van der Waals surface area contributed by atoms with Gasteiger partial charge in [0, 0.05) is 18.2 Å². The fourth-order valence-electron chi connectivity index (χ4n) is 5.11. The monoisotopic (exact) mass is 586 g/mol. The summed E-state index contributed by atoms with van der Waals surface area (Å²) in [5.41, 5.74) is -0.552.